The molecular weight excluding hydrogens is 469 g/mol. The topological polar surface area (TPSA) is 90.8 Å². The zero-order chi connectivity index (χ0) is 23.9. The molecule has 2 N–H and O–H groups in total. The van der Waals surface area contributed by atoms with Gasteiger partial charge in [0.05, 0.1) is 23.3 Å². The maximum absolute atomic E-state index is 14.0. The molecule has 5 aromatic rings. The van der Waals surface area contributed by atoms with Crippen molar-refractivity contribution in [2.45, 2.75) is 6.54 Å². The number of benzene rings is 2. The number of hydrogen-bond acceptors (Lipinski definition) is 7. The fourth-order valence-electron chi connectivity index (χ4n) is 4.26. The molecule has 1 saturated heterocycles. The van der Waals surface area contributed by atoms with Crippen LogP contribution < -0.4 is 10.2 Å². The summed E-state index contributed by atoms with van der Waals surface area (Å²) in [5.74, 6) is 1.64. The molecule has 35 heavy (non-hydrogen) atoms. The third-order valence-electron chi connectivity index (χ3n) is 6.17. The summed E-state index contributed by atoms with van der Waals surface area (Å²) in [7, 11) is 2.11. The molecule has 0 unspecified atom stereocenters. The molecule has 1 aliphatic rings. The number of halogens is 2. The minimum atomic E-state index is -0.318. The Morgan fingerprint density at radius 2 is 1.91 bits per heavy atom. The summed E-state index contributed by atoms with van der Waals surface area (Å²) in [6.07, 6.45) is 1.65. The summed E-state index contributed by atoms with van der Waals surface area (Å²) in [5, 5.41) is 4.03. The van der Waals surface area contributed by atoms with Crippen molar-refractivity contribution in [1.29, 1.82) is 0 Å². The number of aromatic nitrogens is 6. The van der Waals surface area contributed by atoms with E-state index in [1.807, 2.05) is 24.3 Å². The fraction of sp³-hybridized carbons (Fsp3) is 0.250. The molecule has 1 aliphatic heterocycles. The summed E-state index contributed by atoms with van der Waals surface area (Å²) in [5.41, 5.74) is 3.57. The van der Waals surface area contributed by atoms with Gasteiger partial charge in [-0.15, -0.1) is 0 Å². The van der Waals surface area contributed by atoms with Crippen molar-refractivity contribution in [3.8, 4) is 5.69 Å². The van der Waals surface area contributed by atoms with Crippen molar-refractivity contribution in [2.75, 3.05) is 43.4 Å². The number of hydrogen-bond donors (Lipinski definition) is 2. The molecule has 1 fully saturated rings. The smallest absolute Gasteiger partial charge is 0.229 e. The van der Waals surface area contributed by atoms with Crippen LogP contribution in [-0.4, -0.2) is 67.6 Å². The Labute approximate surface area is 205 Å². The number of anilines is 2. The monoisotopic (exact) mass is 491 g/mol. The van der Waals surface area contributed by atoms with E-state index in [1.54, 1.807) is 17.0 Å². The van der Waals surface area contributed by atoms with E-state index in [4.69, 9.17) is 21.6 Å². The van der Waals surface area contributed by atoms with E-state index in [-0.39, 0.29) is 5.82 Å². The maximum atomic E-state index is 14.0. The third-order valence-corrected chi connectivity index (χ3v) is 6.41. The Balaban J connectivity index is 1.39. The van der Waals surface area contributed by atoms with Gasteiger partial charge >= 0.3 is 0 Å². The lowest BCUT2D eigenvalue weighted by Crippen LogP contribution is -2.45. The van der Waals surface area contributed by atoms with Crippen LogP contribution in [0.25, 0.3) is 27.9 Å². The van der Waals surface area contributed by atoms with Crippen molar-refractivity contribution < 1.29 is 4.39 Å². The number of nitrogens with one attached hydrogen (secondary N) is 2. The molecule has 9 nitrogen and oxygen atoms in total. The number of rotatable bonds is 5. The molecule has 6 rings (SSSR count). The van der Waals surface area contributed by atoms with Crippen molar-refractivity contribution in [1.82, 2.24) is 34.4 Å². The van der Waals surface area contributed by atoms with Gasteiger partial charge in [-0.25, -0.2) is 14.4 Å². The van der Waals surface area contributed by atoms with Crippen LogP contribution in [0.1, 0.15) is 5.82 Å². The number of piperazine rings is 1. The van der Waals surface area contributed by atoms with Gasteiger partial charge in [-0.3, -0.25) is 4.57 Å². The summed E-state index contributed by atoms with van der Waals surface area (Å²) >= 11 is 6.11. The molecule has 3 aromatic heterocycles. The first-order chi connectivity index (χ1) is 17.0. The quantitative estimate of drug-likeness (QED) is 0.386. The molecule has 0 radical (unpaired) electrons. The Bertz CT molecular complexity index is 1520. The largest absolute Gasteiger partial charge is 0.361 e. The zero-order valence-corrected chi connectivity index (χ0v) is 19.8. The zero-order valence-electron chi connectivity index (χ0n) is 19.0. The van der Waals surface area contributed by atoms with Crippen LogP contribution in [0.4, 0.5) is 16.2 Å². The first-order valence-corrected chi connectivity index (χ1v) is 11.7. The van der Waals surface area contributed by atoms with Crippen LogP contribution in [0.5, 0.6) is 0 Å². The van der Waals surface area contributed by atoms with Crippen LogP contribution >= 0.6 is 11.6 Å². The summed E-state index contributed by atoms with van der Waals surface area (Å²) < 4.78 is 15.7. The molecule has 0 saturated carbocycles. The second-order valence-electron chi connectivity index (χ2n) is 8.63. The molecule has 0 aliphatic carbocycles. The lowest BCUT2D eigenvalue weighted by Gasteiger charge is -2.32. The Kier molecular flexibility index (Phi) is 5.46. The van der Waals surface area contributed by atoms with Crippen LogP contribution in [0, 0.1) is 5.82 Å². The second-order valence-corrected chi connectivity index (χ2v) is 9.06. The number of likely N-dealkylation sites (N-methyl/N-ethyl adjacent to an activating group) is 1. The normalized spacial score (nSPS) is 14.8. The SMILES string of the molecule is CN1CCN(c2nc(NCc3nc4ccc(Cl)cc4[nH]3)c3ncn(-c4cccc(F)c4)c3n2)CC1. The standard InChI is InChI=1S/C24H23ClFN9/c1-33-7-9-34(10-8-33)24-31-22(27-13-20-29-18-6-5-15(25)11-19(18)30-20)21-23(32-24)35(14-28-21)17-4-2-3-16(26)12-17/h2-6,11-12,14H,7-10,13H2,1H3,(H,29,30)(H,27,31,32). The van der Waals surface area contributed by atoms with Crippen LogP contribution in [0.3, 0.4) is 0 Å². The minimum absolute atomic E-state index is 0.318. The molecular formula is C24H23ClFN9. The van der Waals surface area contributed by atoms with Gasteiger partial charge < -0.3 is 20.1 Å². The van der Waals surface area contributed by atoms with Crippen molar-refractivity contribution in [3.05, 3.63) is 65.5 Å². The highest BCUT2D eigenvalue weighted by Crippen LogP contribution is 2.26. The predicted molar refractivity (Wildman–Crippen MR) is 135 cm³/mol. The van der Waals surface area contributed by atoms with E-state index in [9.17, 15) is 4.39 Å². The number of aromatic amines is 1. The van der Waals surface area contributed by atoms with E-state index < -0.39 is 0 Å². The number of imidazole rings is 2. The van der Waals surface area contributed by atoms with Crippen LogP contribution in [0.15, 0.2) is 48.8 Å². The van der Waals surface area contributed by atoms with Crippen molar-refractivity contribution in [2.24, 2.45) is 0 Å². The van der Waals surface area contributed by atoms with Crippen LogP contribution in [-0.2, 0) is 6.54 Å². The highest BCUT2D eigenvalue weighted by Gasteiger charge is 2.21. The lowest BCUT2D eigenvalue weighted by molar-refractivity contribution is 0.311. The summed E-state index contributed by atoms with van der Waals surface area (Å²) in [6.45, 7) is 3.90. The van der Waals surface area contributed by atoms with Gasteiger partial charge in [0.15, 0.2) is 17.0 Å². The summed E-state index contributed by atoms with van der Waals surface area (Å²) in [4.78, 5) is 26.6. The molecule has 0 atom stereocenters. The highest BCUT2D eigenvalue weighted by molar-refractivity contribution is 6.31. The van der Waals surface area contributed by atoms with E-state index in [0.717, 1.165) is 43.0 Å². The van der Waals surface area contributed by atoms with Crippen molar-refractivity contribution >= 4 is 45.6 Å². The fourth-order valence-corrected chi connectivity index (χ4v) is 4.43. The third kappa shape index (κ3) is 4.26. The summed E-state index contributed by atoms with van der Waals surface area (Å²) in [6, 6.07) is 11.9. The molecule has 0 spiro atoms. The van der Waals surface area contributed by atoms with E-state index in [0.29, 0.717) is 40.2 Å². The lowest BCUT2D eigenvalue weighted by atomic mass is 10.3. The maximum Gasteiger partial charge on any atom is 0.229 e. The Hall–Kier alpha value is -3.76. The van der Waals surface area contributed by atoms with Crippen molar-refractivity contribution in [3.63, 3.8) is 0 Å². The number of fused-ring (bicyclic) bond motifs is 2. The minimum Gasteiger partial charge on any atom is -0.361 e. The van der Waals surface area contributed by atoms with Gasteiger partial charge in [0.25, 0.3) is 0 Å². The second kappa shape index (κ2) is 8.79. The predicted octanol–water partition coefficient (Wildman–Crippen LogP) is 3.85. The van der Waals surface area contributed by atoms with Gasteiger partial charge in [-0.2, -0.15) is 9.97 Å². The van der Waals surface area contributed by atoms with Gasteiger partial charge in [-0.1, -0.05) is 17.7 Å². The number of nitrogens with zero attached hydrogens (tertiary/aromatic N) is 7. The van der Waals surface area contributed by atoms with Gasteiger partial charge in [0.2, 0.25) is 5.95 Å². The van der Waals surface area contributed by atoms with Gasteiger partial charge in [0, 0.05) is 31.2 Å². The molecule has 4 heterocycles. The highest BCUT2D eigenvalue weighted by atomic mass is 35.5. The van der Waals surface area contributed by atoms with Crippen LogP contribution in [0.2, 0.25) is 5.02 Å². The Morgan fingerprint density at radius 1 is 1.06 bits per heavy atom. The molecule has 0 amide bonds. The van der Waals surface area contributed by atoms with Gasteiger partial charge in [0.1, 0.15) is 18.0 Å². The molecule has 2 aromatic carbocycles. The number of H-pyrrole nitrogens is 1. The molecule has 11 heteroatoms. The van der Waals surface area contributed by atoms with E-state index >= 15 is 0 Å². The van der Waals surface area contributed by atoms with Gasteiger partial charge in [-0.05, 0) is 43.4 Å². The van der Waals surface area contributed by atoms with E-state index in [1.165, 1.54) is 12.1 Å². The average Bonchev–Trinajstić information content (AvgIpc) is 3.46. The first kappa shape index (κ1) is 21.8. The average molecular weight is 492 g/mol. The first-order valence-electron chi connectivity index (χ1n) is 11.4. The van der Waals surface area contributed by atoms with E-state index in [2.05, 4.69) is 37.1 Å². The molecule has 0 bridgehead atoms. The Morgan fingerprint density at radius 3 is 2.74 bits per heavy atom. The molecule has 178 valence electrons.